The lowest BCUT2D eigenvalue weighted by atomic mass is 10.1. The van der Waals surface area contributed by atoms with Gasteiger partial charge in [-0.3, -0.25) is 4.79 Å². The molecule has 7 aromatic rings. The molecule has 0 atom stereocenters. The molecule has 11 heteroatoms. The van der Waals surface area contributed by atoms with E-state index < -0.39 is 5.97 Å². The number of azo groups is 2. The minimum absolute atomic E-state index is 0.272. The Bertz CT molecular complexity index is 2690. The molecule has 61 heavy (non-hydrogen) atoms. The standard InChI is InChI=1S/C50H45N5O6/c1-34-15-19-38(20-16-34)50(58)61-40-25-17-36(18-26-40)33-51-45-27-28-47(42-12-6-5-11-41(42)45)54-55-48-30-29-46(43-13-7-8-14-44(43)48)53-52-39-23-21-37(22-24-39)49(57)60-32-10-4-3-9-31-59-35(2)56/h5-8,11-30,51H,3-4,9-10,31-33H2,1-2H3. The van der Waals surface area contributed by atoms with Crippen molar-refractivity contribution in [2.24, 2.45) is 20.5 Å². The van der Waals surface area contributed by atoms with E-state index in [4.69, 9.17) is 24.4 Å². The number of carbonyl (C=O) groups is 3. The topological polar surface area (TPSA) is 140 Å². The Morgan fingerprint density at radius 1 is 0.508 bits per heavy atom. The van der Waals surface area contributed by atoms with Crippen LogP contribution in [0.3, 0.4) is 0 Å². The summed E-state index contributed by atoms with van der Waals surface area (Å²) in [5.41, 5.74) is 6.70. The summed E-state index contributed by atoms with van der Waals surface area (Å²) in [6.45, 7) is 4.68. The number of benzene rings is 7. The van der Waals surface area contributed by atoms with Crippen molar-refractivity contribution in [2.45, 2.75) is 46.1 Å². The quantitative estimate of drug-likeness (QED) is 0.0418. The number of rotatable bonds is 17. The number of esters is 3. The van der Waals surface area contributed by atoms with E-state index in [0.717, 1.165) is 69.7 Å². The summed E-state index contributed by atoms with van der Waals surface area (Å²) >= 11 is 0. The van der Waals surface area contributed by atoms with Crippen LogP contribution in [0.5, 0.6) is 5.75 Å². The number of ether oxygens (including phenoxy) is 3. The minimum atomic E-state index is -0.390. The summed E-state index contributed by atoms with van der Waals surface area (Å²) < 4.78 is 15.9. The Balaban J connectivity index is 0.965. The fourth-order valence-corrected chi connectivity index (χ4v) is 6.60. The monoisotopic (exact) mass is 811 g/mol. The highest BCUT2D eigenvalue weighted by Crippen LogP contribution is 2.37. The van der Waals surface area contributed by atoms with Gasteiger partial charge in [0.1, 0.15) is 5.75 Å². The van der Waals surface area contributed by atoms with Gasteiger partial charge in [-0.2, -0.15) is 5.11 Å². The maximum Gasteiger partial charge on any atom is 0.343 e. The summed E-state index contributed by atoms with van der Waals surface area (Å²) in [6, 6.07) is 45.2. The van der Waals surface area contributed by atoms with E-state index >= 15 is 0 Å². The van der Waals surface area contributed by atoms with E-state index in [1.165, 1.54) is 6.92 Å². The summed E-state index contributed by atoms with van der Waals surface area (Å²) in [4.78, 5) is 35.9. The lowest BCUT2D eigenvalue weighted by Gasteiger charge is -2.12. The van der Waals surface area contributed by atoms with Crippen LogP contribution in [-0.4, -0.2) is 31.1 Å². The second-order valence-electron chi connectivity index (χ2n) is 14.4. The second kappa shape index (κ2) is 20.4. The number of aryl methyl sites for hydroxylation is 1. The first kappa shape index (κ1) is 41.6. The highest BCUT2D eigenvalue weighted by atomic mass is 16.5. The van der Waals surface area contributed by atoms with Crippen molar-refractivity contribution in [2.75, 3.05) is 18.5 Å². The molecule has 7 aromatic carbocycles. The maximum absolute atomic E-state index is 12.5. The Morgan fingerprint density at radius 2 is 1.02 bits per heavy atom. The summed E-state index contributed by atoms with van der Waals surface area (Å²) in [7, 11) is 0. The number of unbranched alkanes of at least 4 members (excludes halogenated alkanes) is 3. The molecule has 0 unspecified atom stereocenters. The van der Waals surface area contributed by atoms with Gasteiger partial charge in [0.15, 0.2) is 0 Å². The Labute approximate surface area is 354 Å². The molecule has 0 heterocycles. The summed E-state index contributed by atoms with van der Waals surface area (Å²) in [5.74, 6) is -0.566. The number of hydrogen-bond acceptors (Lipinski definition) is 11. The third kappa shape index (κ3) is 11.4. The first-order valence-corrected chi connectivity index (χ1v) is 20.2. The third-order valence-electron chi connectivity index (χ3n) is 9.90. The van der Waals surface area contributed by atoms with E-state index in [0.29, 0.717) is 53.7 Å². The number of nitrogens with zero attached hydrogens (tertiary/aromatic N) is 4. The number of nitrogens with one attached hydrogen (secondary N) is 1. The van der Waals surface area contributed by atoms with Crippen molar-refractivity contribution < 1.29 is 28.6 Å². The van der Waals surface area contributed by atoms with Crippen LogP contribution < -0.4 is 10.1 Å². The average molecular weight is 812 g/mol. The van der Waals surface area contributed by atoms with Gasteiger partial charge in [-0.1, -0.05) is 78.4 Å². The molecule has 0 amide bonds. The van der Waals surface area contributed by atoms with Crippen molar-refractivity contribution in [3.8, 4) is 5.75 Å². The molecule has 0 bridgehead atoms. The number of hydrogen-bond donors (Lipinski definition) is 1. The molecule has 0 aliphatic carbocycles. The zero-order valence-corrected chi connectivity index (χ0v) is 34.0. The molecular formula is C50H45N5O6. The van der Waals surface area contributed by atoms with Crippen molar-refractivity contribution in [1.82, 2.24) is 0 Å². The molecule has 306 valence electrons. The van der Waals surface area contributed by atoms with Gasteiger partial charge in [0, 0.05) is 40.7 Å². The van der Waals surface area contributed by atoms with Gasteiger partial charge in [-0.25, -0.2) is 9.59 Å². The molecule has 0 radical (unpaired) electrons. The van der Waals surface area contributed by atoms with E-state index in [-0.39, 0.29) is 11.9 Å². The number of fused-ring (bicyclic) bond motifs is 2. The smallest absolute Gasteiger partial charge is 0.343 e. The number of anilines is 1. The van der Waals surface area contributed by atoms with E-state index in [1.807, 2.05) is 97.9 Å². The lowest BCUT2D eigenvalue weighted by molar-refractivity contribution is -0.141. The first-order valence-electron chi connectivity index (χ1n) is 20.2. The number of carbonyl (C=O) groups excluding carboxylic acids is 3. The molecule has 1 N–H and O–H groups in total. The Morgan fingerprint density at radius 3 is 1.62 bits per heavy atom. The second-order valence-corrected chi connectivity index (χ2v) is 14.4. The van der Waals surface area contributed by atoms with Gasteiger partial charge in [-0.05, 0) is 111 Å². The van der Waals surface area contributed by atoms with Crippen LogP contribution >= 0.6 is 0 Å². The van der Waals surface area contributed by atoms with Crippen molar-refractivity contribution >= 4 is 67.9 Å². The predicted octanol–water partition coefficient (Wildman–Crippen LogP) is 13.2. The Hall–Kier alpha value is -7.53. The molecule has 0 saturated heterocycles. The van der Waals surface area contributed by atoms with Crippen molar-refractivity contribution in [3.05, 3.63) is 168 Å². The molecule has 0 aliphatic rings. The molecule has 0 saturated carbocycles. The molecule has 11 nitrogen and oxygen atoms in total. The SMILES string of the molecule is CC(=O)OCCCCCCOC(=O)c1ccc(N=Nc2ccc(N=Nc3ccc(NCc4ccc(OC(=O)c5ccc(C)cc5)cc4)c4ccccc34)c3ccccc23)cc1. The highest BCUT2D eigenvalue weighted by Gasteiger charge is 2.11. The van der Waals surface area contributed by atoms with Crippen LogP contribution in [0.25, 0.3) is 21.5 Å². The van der Waals surface area contributed by atoms with Crippen LogP contribution in [0, 0.1) is 6.92 Å². The minimum Gasteiger partial charge on any atom is -0.466 e. The fraction of sp³-hybridized carbons (Fsp3) is 0.180. The third-order valence-corrected chi connectivity index (χ3v) is 9.90. The molecule has 0 fully saturated rings. The van der Waals surface area contributed by atoms with Gasteiger partial charge in [0.25, 0.3) is 0 Å². The normalized spacial score (nSPS) is 11.3. The lowest BCUT2D eigenvalue weighted by Crippen LogP contribution is -2.08. The maximum atomic E-state index is 12.5. The van der Waals surface area contributed by atoms with Crippen molar-refractivity contribution in [3.63, 3.8) is 0 Å². The highest BCUT2D eigenvalue weighted by molar-refractivity contribution is 6.02. The molecule has 0 aliphatic heterocycles. The van der Waals surface area contributed by atoms with Crippen LogP contribution in [0.4, 0.5) is 28.4 Å². The van der Waals surface area contributed by atoms with E-state index in [2.05, 4.69) is 21.6 Å². The van der Waals surface area contributed by atoms with Crippen LogP contribution in [0.15, 0.2) is 166 Å². The Kier molecular flexibility index (Phi) is 13.9. The van der Waals surface area contributed by atoms with Gasteiger partial charge < -0.3 is 19.5 Å². The van der Waals surface area contributed by atoms with Gasteiger partial charge >= 0.3 is 17.9 Å². The summed E-state index contributed by atoms with van der Waals surface area (Å²) in [6.07, 6.45) is 3.32. The van der Waals surface area contributed by atoms with E-state index in [9.17, 15) is 14.4 Å². The zero-order valence-electron chi connectivity index (χ0n) is 34.0. The van der Waals surface area contributed by atoms with Crippen molar-refractivity contribution in [1.29, 1.82) is 0 Å². The average Bonchev–Trinajstić information content (AvgIpc) is 3.28. The van der Waals surface area contributed by atoms with Gasteiger partial charge in [0.05, 0.1) is 47.1 Å². The zero-order chi connectivity index (χ0) is 42.4. The van der Waals surface area contributed by atoms with Crippen LogP contribution in [0.2, 0.25) is 0 Å². The van der Waals surface area contributed by atoms with Gasteiger partial charge in [0.2, 0.25) is 0 Å². The van der Waals surface area contributed by atoms with E-state index in [1.54, 1.807) is 48.5 Å². The van der Waals surface area contributed by atoms with Crippen LogP contribution in [0.1, 0.15) is 64.4 Å². The molecule has 0 spiro atoms. The van der Waals surface area contributed by atoms with Crippen LogP contribution in [-0.2, 0) is 20.8 Å². The summed E-state index contributed by atoms with van der Waals surface area (Å²) in [5, 5.41) is 25.6. The largest absolute Gasteiger partial charge is 0.466 e. The fourth-order valence-electron chi connectivity index (χ4n) is 6.60. The first-order chi connectivity index (χ1) is 29.8. The van der Waals surface area contributed by atoms with Gasteiger partial charge in [-0.15, -0.1) is 15.3 Å². The molecule has 7 rings (SSSR count). The molecule has 0 aromatic heterocycles. The molecular weight excluding hydrogens is 767 g/mol. The predicted molar refractivity (Wildman–Crippen MR) is 238 cm³/mol.